The van der Waals surface area contributed by atoms with Crippen LogP contribution >= 0.6 is 11.6 Å². The number of piperazine rings is 1. The molecule has 10 nitrogen and oxygen atoms in total. The van der Waals surface area contributed by atoms with Crippen LogP contribution in [0.25, 0.3) is 5.65 Å². The van der Waals surface area contributed by atoms with E-state index in [1.807, 2.05) is 0 Å². The minimum atomic E-state index is -0.801. The highest BCUT2D eigenvalue weighted by atomic mass is 35.5. The molecular formula is C23H22ClFN10. The van der Waals surface area contributed by atoms with Crippen LogP contribution in [-0.4, -0.2) is 68.9 Å². The number of hydrogen-bond donors (Lipinski definition) is 2. The minimum absolute atomic E-state index is 0.129. The Kier molecular flexibility index (Phi) is 5.32. The quantitative estimate of drug-likeness (QED) is 0.553. The number of benzene rings is 1. The summed E-state index contributed by atoms with van der Waals surface area (Å²) in [6, 6.07) is 8.14. The van der Waals surface area contributed by atoms with Crippen LogP contribution in [0.5, 0.6) is 0 Å². The van der Waals surface area contributed by atoms with E-state index in [0.29, 0.717) is 65.5 Å². The molecule has 1 aliphatic carbocycles. The average Bonchev–Trinajstić information content (AvgIpc) is 3.44. The lowest BCUT2D eigenvalue weighted by Crippen LogP contribution is -2.50. The molecule has 2 N–H and O–H groups in total. The normalized spacial score (nSPS) is 22.0. The maximum Gasteiger partial charge on any atom is 0.247 e. The van der Waals surface area contributed by atoms with Gasteiger partial charge in [-0.3, -0.25) is 4.90 Å². The van der Waals surface area contributed by atoms with E-state index in [2.05, 4.69) is 47.6 Å². The maximum absolute atomic E-state index is 13.9. The molecule has 2 aromatic heterocycles. The van der Waals surface area contributed by atoms with E-state index in [1.165, 1.54) is 10.7 Å². The summed E-state index contributed by atoms with van der Waals surface area (Å²) in [6.07, 6.45) is 3.25. The zero-order valence-corrected chi connectivity index (χ0v) is 19.5. The van der Waals surface area contributed by atoms with Crippen molar-refractivity contribution in [3.63, 3.8) is 0 Å². The third-order valence-electron chi connectivity index (χ3n) is 6.73. The molecule has 2 atom stereocenters. The smallest absolute Gasteiger partial charge is 0.247 e. The van der Waals surface area contributed by atoms with Crippen molar-refractivity contribution >= 4 is 40.4 Å². The van der Waals surface area contributed by atoms with Crippen LogP contribution in [0, 0.1) is 22.7 Å². The van der Waals surface area contributed by atoms with Crippen LogP contribution < -0.4 is 15.5 Å². The van der Waals surface area contributed by atoms with E-state index in [9.17, 15) is 14.9 Å². The third-order valence-corrected chi connectivity index (χ3v) is 7.13. The van der Waals surface area contributed by atoms with E-state index in [4.69, 9.17) is 11.6 Å². The van der Waals surface area contributed by atoms with Gasteiger partial charge >= 0.3 is 0 Å². The topological polar surface area (TPSA) is 121 Å². The van der Waals surface area contributed by atoms with Crippen LogP contribution in [0.4, 0.5) is 27.5 Å². The molecule has 0 unspecified atom stereocenters. The highest BCUT2D eigenvalue weighted by Gasteiger charge is 2.37. The Bertz CT molecular complexity index is 1390. The number of fused-ring (bicyclic) bond motifs is 2. The Morgan fingerprint density at radius 3 is 2.77 bits per heavy atom. The molecule has 4 heterocycles. The molecule has 0 bridgehead atoms. The van der Waals surface area contributed by atoms with E-state index >= 15 is 0 Å². The van der Waals surface area contributed by atoms with Crippen molar-refractivity contribution in [1.29, 1.82) is 10.5 Å². The molecule has 1 aromatic carbocycles. The lowest BCUT2D eigenvalue weighted by Gasteiger charge is -2.39. The van der Waals surface area contributed by atoms with Crippen molar-refractivity contribution in [2.24, 2.45) is 0 Å². The first-order valence-electron chi connectivity index (χ1n) is 11.6. The summed E-state index contributed by atoms with van der Waals surface area (Å²) in [6.45, 7) is 2.56. The standard InChI is InChI=1S/C23H22ClFN10/c24-20-18(5-13(8-26)6-19(20)34-4-3-33-11-14(25)7-16(33)12-34)30-23-31-21(29-15-1-2-15)22-28-10-17(9-27)35(22)32-23/h5-6,10,14-16H,1-4,7,11-12H2,(H2,29,30,31,32)/t14-,16-/m0/s1. The van der Waals surface area contributed by atoms with Gasteiger partial charge in [-0.1, -0.05) is 11.6 Å². The molecule has 35 heavy (non-hydrogen) atoms. The predicted octanol–water partition coefficient (Wildman–Crippen LogP) is 3.07. The van der Waals surface area contributed by atoms with Gasteiger partial charge in [-0.05, 0) is 31.4 Å². The zero-order valence-electron chi connectivity index (χ0n) is 18.7. The van der Waals surface area contributed by atoms with Gasteiger partial charge in [0.2, 0.25) is 5.95 Å². The van der Waals surface area contributed by atoms with Crippen LogP contribution in [-0.2, 0) is 0 Å². The summed E-state index contributed by atoms with van der Waals surface area (Å²) < 4.78 is 15.4. The highest BCUT2D eigenvalue weighted by molar-refractivity contribution is 6.36. The summed E-state index contributed by atoms with van der Waals surface area (Å²) >= 11 is 6.84. The van der Waals surface area contributed by atoms with Gasteiger partial charge in [0.1, 0.15) is 12.2 Å². The fourth-order valence-corrected chi connectivity index (χ4v) is 5.12. The summed E-state index contributed by atoms with van der Waals surface area (Å²) in [7, 11) is 0. The van der Waals surface area contributed by atoms with Gasteiger partial charge < -0.3 is 15.5 Å². The monoisotopic (exact) mass is 492 g/mol. The Labute approximate surface area is 205 Å². The largest absolute Gasteiger partial charge is 0.367 e. The number of alkyl halides is 1. The van der Waals surface area contributed by atoms with Crippen LogP contribution in [0.2, 0.25) is 5.02 Å². The predicted molar refractivity (Wildman–Crippen MR) is 129 cm³/mol. The molecule has 2 saturated heterocycles. The third kappa shape index (κ3) is 4.07. The van der Waals surface area contributed by atoms with Gasteiger partial charge in [0, 0.05) is 38.3 Å². The van der Waals surface area contributed by atoms with Gasteiger partial charge in [0.15, 0.2) is 17.2 Å². The summed E-state index contributed by atoms with van der Waals surface area (Å²) in [5, 5.41) is 30.5. The Hall–Kier alpha value is -3.67. The number of aromatic nitrogens is 4. The molecule has 6 rings (SSSR count). The van der Waals surface area contributed by atoms with Crippen LogP contribution in [0.3, 0.4) is 0 Å². The molecule has 0 amide bonds. The van der Waals surface area contributed by atoms with E-state index in [-0.39, 0.29) is 17.7 Å². The molecule has 3 aliphatic rings. The minimum Gasteiger partial charge on any atom is -0.367 e. The molecule has 1 saturated carbocycles. The highest BCUT2D eigenvalue weighted by Crippen LogP contribution is 2.38. The summed E-state index contributed by atoms with van der Waals surface area (Å²) in [5.74, 6) is 0.747. The first-order valence-corrected chi connectivity index (χ1v) is 12.0. The van der Waals surface area contributed by atoms with Crippen molar-refractivity contribution in [3.05, 3.63) is 34.6 Å². The second-order valence-electron chi connectivity index (χ2n) is 9.21. The maximum atomic E-state index is 13.9. The van der Waals surface area contributed by atoms with Crippen LogP contribution in [0.1, 0.15) is 30.5 Å². The number of rotatable bonds is 5. The van der Waals surface area contributed by atoms with E-state index < -0.39 is 6.17 Å². The fourth-order valence-electron chi connectivity index (χ4n) is 4.84. The summed E-state index contributed by atoms with van der Waals surface area (Å²) in [5.41, 5.74) is 2.38. The Morgan fingerprint density at radius 2 is 2.00 bits per heavy atom. The number of halogens is 2. The van der Waals surface area contributed by atoms with Crippen molar-refractivity contribution in [1.82, 2.24) is 24.5 Å². The number of imidazole rings is 1. The van der Waals surface area contributed by atoms with E-state index in [0.717, 1.165) is 19.4 Å². The number of anilines is 4. The first kappa shape index (κ1) is 21.8. The van der Waals surface area contributed by atoms with Gasteiger partial charge in [-0.2, -0.15) is 20.0 Å². The van der Waals surface area contributed by atoms with Crippen molar-refractivity contribution in [2.45, 2.75) is 37.5 Å². The second-order valence-corrected chi connectivity index (χ2v) is 9.59. The van der Waals surface area contributed by atoms with Gasteiger partial charge in [-0.15, -0.1) is 5.10 Å². The molecule has 178 valence electrons. The van der Waals surface area contributed by atoms with Crippen molar-refractivity contribution < 1.29 is 4.39 Å². The molecule has 3 aromatic rings. The summed E-state index contributed by atoms with van der Waals surface area (Å²) in [4.78, 5) is 13.2. The van der Waals surface area contributed by atoms with Crippen molar-refractivity contribution in [3.8, 4) is 12.1 Å². The SMILES string of the molecule is N#Cc1cc(Nc2nc(NC3CC3)c3ncc(C#N)n3n2)c(Cl)c(N2CCN3C[C@@H](F)C[C@H]3C2)c1. The first-order chi connectivity index (χ1) is 17.0. The molecule has 2 aliphatic heterocycles. The average molecular weight is 493 g/mol. The van der Waals surface area contributed by atoms with Gasteiger partial charge in [-0.25, -0.2) is 9.37 Å². The molecule has 0 spiro atoms. The lowest BCUT2D eigenvalue weighted by molar-refractivity contribution is 0.224. The molecule has 12 heteroatoms. The molecule has 0 radical (unpaired) electrons. The lowest BCUT2D eigenvalue weighted by atomic mass is 10.1. The fraction of sp³-hybridized carbons (Fsp3) is 0.435. The number of hydrogen-bond acceptors (Lipinski definition) is 9. The van der Waals surface area contributed by atoms with Crippen molar-refractivity contribution in [2.75, 3.05) is 41.7 Å². The second kappa shape index (κ2) is 8.52. The molecular weight excluding hydrogens is 471 g/mol. The van der Waals surface area contributed by atoms with E-state index in [1.54, 1.807) is 12.1 Å². The van der Waals surface area contributed by atoms with Gasteiger partial charge in [0.25, 0.3) is 0 Å². The Morgan fingerprint density at radius 1 is 1.14 bits per heavy atom. The van der Waals surface area contributed by atoms with Crippen LogP contribution in [0.15, 0.2) is 18.3 Å². The zero-order chi connectivity index (χ0) is 24.1. The number of nitrogens with zero attached hydrogens (tertiary/aromatic N) is 8. The van der Waals surface area contributed by atoms with Gasteiger partial charge in [0.05, 0.1) is 34.2 Å². The molecule has 3 fully saturated rings. The Balaban J connectivity index is 1.35. The number of nitrogens with one attached hydrogen (secondary N) is 2. The number of nitriles is 2.